The summed E-state index contributed by atoms with van der Waals surface area (Å²) in [6, 6.07) is 2.08. The zero-order chi connectivity index (χ0) is 10.6. The van der Waals surface area contributed by atoms with Gasteiger partial charge in [-0.3, -0.25) is 0 Å². The zero-order valence-electron chi connectivity index (χ0n) is 8.58. The summed E-state index contributed by atoms with van der Waals surface area (Å²) in [5, 5.41) is 23.5. The zero-order valence-corrected chi connectivity index (χ0v) is 9.40. The van der Waals surface area contributed by atoms with Crippen LogP contribution >= 0.6 is 11.3 Å². The van der Waals surface area contributed by atoms with Crippen molar-refractivity contribution in [3.05, 3.63) is 21.9 Å². The Morgan fingerprint density at radius 3 is 2.79 bits per heavy atom. The first-order chi connectivity index (χ1) is 6.55. The van der Waals surface area contributed by atoms with Crippen molar-refractivity contribution in [2.45, 2.75) is 26.0 Å². The molecular weight excluding hydrogens is 198 g/mol. The number of hydrogen-bond acceptors (Lipinski definition) is 4. The smallest absolute Gasteiger partial charge is 0.0972 e. The van der Waals surface area contributed by atoms with Crippen LogP contribution in [0.3, 0.4) is 0 Å². The second-order valence-corrected chi connectivity index (χ2v) is 4.79. The van der Waals surface area contributed by atoms with Gasteiger partial charge in [0.25, 0.3) is 0 Å². The number of nitrogens with one attached hydrogen (secondary N) is 1. The molecule has 80 valence electrons. The Bertz CT molecular complexity index is 283. The Kier molecular flexibility index (Phi) is 4.07. The van der Waals surface area contributed by atoms with Gasteiger partial charge in [-0.05, 0) is 30.9 Å². The Morgan fingerprint density at radius 2 is 2.29 bits per heavy atom. The van der Waals surface area contributed by atoms with Crippen molar-refractivity contribution in [2.75, 3.05) is 13.2 Å². The molecule has 3 nitrogen and oxygen atoms in total. The highest BCUT2D eigenvalue weighted by molar-refractivity contribution is 7.10. The number of aliphatic hydroxyl groups is 2. The lowest BCUT2D eigenvalue weighted by Gasteiger charge is -2.20. The van der Waals surface area contributed by atoms with Gasteiger partial charge in [0.2, 0.25) is 0 Å². The summed E-state index contributed by atoms with van der Waals surface area (Å²) in [5.74, 6) is 0. The normalized spacial score (nSPS) is 15.4. The van der Waals surface area contributed by atoms with E-state index in [1.807, 2.05) is 0 Å². The SMILES string of the molecule is Cc1ccsc1CNCC(C)(O)CO. The largest absolute Gasteiger partial charge is 0.393 e. The summed E-state index contributed by atoms with van der Waals surface area (Å²) in [4.78, 5) is 1.28. The molecule has 1 aromatic heterocycles. The summed E-state index contributed by atoms with van der Waals surface area (Å²) in [5.41, 5.74) is 0.247. The maximum Gasteiger partial charge on any atom is 0.0972 e. The molecule has 1 aromatic rings. The van der Waals surface area contributed by atoms with Gasteiger partial charge in [0.1, 0.15) is 0 Å². The van der Waals surface area contributed by atoms with Gasteiger partial charge in [-0.1, -0.05) is 0 Å². The van der Waals surface area contributed by atoms with Crippen LogP contribution in [0.5, 0.6) is 0 Å². The molecule has 14 heavy (non-hydrogen) atoms. The van der Waals surface area contributed by atoms with Crippen LogP contribution in [0.1, 0.15) is 17.4 Å². The summed E-state index contributed by atoms with van der Waals surface area (Å²) in [7, 11) is 0. The van der Waals surface area contributed by atoms with Gasteiger partial charge in [0.15, 0.2) is 0 Å². The van der Waals surface area contributed by atoms with E-state index >= 15 is 0 Å². The molecule has 1 atom stereocenters. The molecule has 1 heterocycles. The first-order valence-electron chi connectivity index (χ1n) is 4.62. The van der Waals surface area contributed by atoms with E-state index in [4.69, 9.17) is 5.11 Å². The monoisotopic (exact) mass is 215 g/mol. The average molecular weight is 215 g/mol. The van der Waals surface area contributed by atoms with Gasteiger partial charge in [-0.2, -0.15) is 0 Å². The van der Waals surface area contributed by atoms with Crippen LogP contribution in [-0.2, 0) is 6.54 Å². The van der Waals surface area contributed by atoms with E-state index in [0.717, 1.165) is 6.54 Å². The third-order valence-corrected chi connectivity index (χ3v) is 3.12. The molecule has 0 amide bonds. The van der Waals surface area contributed by atoms with E-state index in [0.29, 0.717) is 6.54 Å². The van der Waals surface area contributed by atoms with Crippen LogP contribution in [0.15, 0.2) is 11.4 Å². The molecule has 0 saturated heterocycles. The van der Waals surface area contributed by atoms with Crippen molar-refractivity contribution in [1.82, 2.24) is 5.32 Å². The van der Waals surface area contributed by atoms with Gasteiger partial charge in [-0.25, -0.2) is 0 Å². The molecule has 3 N–H and O–H groups in total. The minimum Gasteiger partial charge on any atom is -0.393 e. The number of aliphatic hydroxyl groups excluding tert-OH is 1. The van der Waals surface area contributed by atoms with Crippen LogP contribution in [-0.4, -0.2) is 29.0 Å². The van der Waals surface area contributed by atoms with Crippen LogP contribution < -0.4 is 5.32 Å². The third kappa shape index (κ3) is 3.38. The van der Waals surface area contributed by atoms with E-state index in [-0.39, 0.29) is 6.61 Å². The van der Waals surface area contributed by atoms with E-state index in [9.17, 15) is 5.11 Å². The number of rotatable bonds is 5. The Balaban J connectivity index is 2.32. The highest BCUT2D eigenvalue weighted by Gasteiger charge is 2.17. The molecule has 0 bridgehead atoms. The fourth-order valence-corrected chi connectivity index (χ4v) is 1.96. The lowest BCUT2D eigenvalue weighted by atomic mass is 10.1. The van der Waals surface area contributed by atoms with Crippen molar-refractivity contribution >= 4 is 11.3 Å². The average Bonchev–Trinajstić information content (AvgIpc) is 2.52. The van der Waals surface area contributed by atoms with Crippen LogP contribution in [0, 0.1) is 6.92 Å². The predicted molar refractivity (Wildman–Crippen MR) is 58.5 cm³/mol. The van der Waals surface area contributed by atoms with E-state index in [1.54, 1.807) is 18.3 Å². The lowest BCUT2D eigenvalue weighted by molar-refractivity contribution is 0.00257. The molecule has 0 aliphatic carbocycles. The molecule has 0 saturated carbocycles. The fraction of sp³-hybridized carbons (Fsp3) is 0.600. The van der Waals surface area contributed by atoms with Crippen LogP contribution in [0.4, 0.5) is 0 Å². The maximum absolute atomic E-state index is 9.51. The van der Waals surface area contributed by atoms with Gasteiger partial charge < -0.3 is 15.5 Å². The second kappa shape index (κ2) is 4.89. The van der Waals surface area contributed by atoms with Crippen molar-refractivity contribution in [1.29, 1.82) is 0 Å². The molecule has 0 aromatic carbocycles. The van der Waals surface area contributed by atoms with Gasteiger partial charge in [-0.15, -0.1) is 11.3 Å². The highest BCUT2D eigenvalue weighted by Crippen LogP contribution is 2.14. The van der Waals surface area contributed by atoms with Crippen molar-refractivity contribution < 1.29 is 10.2 Å². The Hall–Kier alpha value is -0.420. The predicted octanol–water partition coefficient (Wildman–Crippen LogP) is 0.889. The van der Waals surface area contributed by atoms with Crippen molar-refractivity contribution in [2.24, 2.45) is 0 Å². The fourth-order valence-electron chi connectivity index (χ4n) is 1.09. The van der Waals surface area contributed by atoms with Crippen LogP contribution in [0.2, 0.25) is 0 Å². The minimum absolute atomic E-state index is 0.219. The molecule has 4 heteroatoms. The van der Waals surface area contributed by atoms with Crippen molar-refractivity contribution in [3.8, 4) is 0 Å². The Labute approximate surface area is 88.4 Å². The maximum atomic E-state index is 9.51. The Morgan fingerprint density at radius 1 is 1.57 bits per heavy atom. The number of aryl methyl sites for hydroxylation is 1. The van der Waals surface area contributed by atoms with Gasteiger partial charge in [0.05, 0.1) is 12.2 Å². The second-order valence-electron chi connectivity index (χ2n) is 3.79. The first kappa shape index (κ1) is 11.7. The van der Waals surface area contributed by atoms with Gasteiger partial charge >= 0.3 is 0 Å². The van der Waals surface area contributed by atoms with E-state index in [2.05, 4.69) is 23.7 Å². The summed E-state index contributed by atoms with van der Waals surface area (Å²) < 4.78 is 0. The molecule has 1 rings (SSSR count). The molecule has 0 fully saturated rings. The molecule has 0 aliphatic heterocycles. The number of thiophene rings is 1. The third-order valence-electron chi connectivity index (χ3n) is 2.10. The standard InChI is InChI=1S/C10H17NO2S/c1-8-3-4-14-9(8)5-11-6-10(2,13)7-12/h3-4,11-13H,5-7H2,1-2H3. The van der Waals surface area contributed by atoms with E-state index in [1.165, 1.54) is 10.4 Å². The summed E-state index contributed by atoms with van der Waals surface area (Å²) in [6.45, 7) is 4.61. The molecule has 0 spiro atoms. The molecular formula is C10H17NO2S. The summed E-state index contributed by atoms with van der Waals surface area (Å²) in [6.07, 6.45) is 0. The highest BCUT2D eigenvalue weighted by atomic mass is 32.1. The molecule has 0 radical (unpaired) electrons. The number of hydrogen-bond donors (Lipinski definition) is 3. The lowest BCUT2D eigenvalue weighted by Crippen LogP contribution is -2.40. The minimum atomic E-state index is -1.02. The molecule has 1 unspecified atom stereocenters. The first-order valence-corrected chi connectivity index (χ1v) is 5.50. The quantitative estimate of drug-likeness (QED) is 0.683. The molecule has 0 aliphatic rings. The summed E-state index contributed by atoms with van der Waals surface area (Å²) >= 11 is 1.70. The van der Waals surface area contributed by atoms with Crippen LogP contribution in [0.25, 0.3) is 0 Å². The van der Waals surface area contributed by atoms with Crippen molar-refractivity contribution in [3.63, 3.8) is 0 Å². The van der Waals surface area contributed by atoms with Gasteiger partial charge in [0, 0.05) is 18.0 Å². The van der Waals surface area contributed by atoms with E-state index < -0.39 is 5.60 Å². The topological polar surface area (TPSA) is 52.5 Å².